The molecule has 2 rings (SSSR count). The van der Waals surface area contributed by atoms with Gasteiger partial charge in [0.2, 0.25) is 0 Å². The van der Waals surface area contributed by atoms with E-state index in [1.807, 2.05) is 11.8 Å². The summed E-state index contributed by atoms with van der Waals surface area (Å²) in [7, 11) is 0. The van der Waals surface area contributed by atoms with E-state index in [4.69, 9.17) is 4.74 Å². The van der Waals surface area contributed by atoms with Gasteiger partial charge in [-0.15, -0.1) is 11.8 Å². The highest BCUT2D eigenvalue weighted by atomic mass is 32.2. The number of morpholine rings is 1. The monoisotopic (exact) mass is 251 g/mol. The SMILES string of the molecule is CC(C)c1ccc(SCC2COCCN2)cc1. The van der Waals surface area contributed by atoms with Crippen molar-refractivity contribution < 1.29 is 4.74 Å². The van der Waals surface area contributed by atoms with Crippen molar-refractivity contribution in [3.8, 4) is 0 Å². The molecule has 1 aromatic carbocycles. The van der Waals surface area contributed by atoms with Gasteiger partial charge in [0.15, 0.2) is 0 Å². The van der Waals surface area contributed by atoms with E-state index >= 15 is 0 Å². The van der Waals surface area contributed by atoms with Gasteiger partial charge in [0.1, 0.15) is 0 Å². The first-order chi connectivity index (χ1) is 8.25. The second kappa shape index (κ2) is 6.43. The molecule has 1 N–H and O–H groups in total. The third kappa shape index (κ3) is 4.02. The average molecular weight is 251 g/mol. The summed E-state index contributed by atoms with van der Waals surface area (Å²) < 4.78 is 5.45. The van der Waals surface area contributed by atoms with Crippen LogP contribution in [0.3, 0.4) is 0 Å². The molecule has 0 radical (unpaired) electrons. The molecular formula is C14H21NOS. The highest BCUT2D eigenvalue weighted by Gasteiger charge is 2.12. The number of rotatable bonds is 4. The first-order valence-electron chi connectivity index (χ1n) is 6.29. The van der Waals surface area contributed by atoms with Crippen molar-refractivity contribution in [2.24, 2.45) is 0 Å². The molecule has 1 unspecified atom stereocenters. The first-order valence-corrected chi connectivity index (χ1v) is 7.28. The Morgan fingerprint density at radius 1 is 1.35 bits per heavy atom. The molecule has 1 aromatic rings. The van der Waals surface area contributed by atoms with Crippen LogP contribution >= 0.6 is 11.8 Å². The molecule has 0 saturated carbocycles. The fourth-order valence-electron chi connectivity index (χ4n) is 1.87. The van der Waals surface area contributed by atoms with Crippen LogP contribution in [0.1, 0.15) is 25.3 Å². The van der Waals surface area contributed by atoms with Gasteiger partial charge in [-0.05, 0) is 23.6 Å². The van der Waals surface area contributed by atoms with Crippen molar-refractivity contribution in [1.29, 1.82) is 0 Å². The van der Waals surface area contributed by atoms with Gasteiger partial charge in [0.25, 0.3) is 0 Å². The lowest BCUT2D eigenvalue weighted by Crippen LogP contribution is -2.42. The van der Waals surface area contributed by atoms with Gasteiger partial charge in [0, 0.05) is 23.2 Å². The lowest BCUT2D eigenvalue weighted by molar-refractivity contribution is 0.0837. The van der Waals surface area contributed by atoms with Crippen molar-refractivity contribution in [3.05, 3.63) is 29.8 Å². The Hall–Kier alpha value is -0.510. The minimum atomic E-state index is 0.499. The Kier molecular flexibility index (Phi) is 4.89. The maximum Gasteiger partial charge on any atom is 0.0628 e. The van der Waals surface area contributed by atoms with Crippen molar-refractivity contribution in [3.63, 3.8) is 0 Å². The second-order valence-electron chi connectivity index (χ2n) is 4.76. The first kappa shape index (κ1) is 12.9. The van der Waals surface area contributed by atoms with Crippen molar-refractivity contribution >= 4 is 11.8 Å². The van der Waals surface area contributed by atoms with Crippen LogP contribution in [0, 0.1) is 0 Å². The summed E-state index contributed by atoms with van der Waals surface area (Å²) in [5.41, 5.74) is 1.41. The number of nitrogens with one attached hydrogen (secondary N) is 1. The molecule has 2 nitrogen and oxygen atoms in total. The Morgan fingerprint density at radius 2 is 2.12 bits per heavy atom. The van der Waals surface area contributed by atoms with Crippen molar-refractivity contribution in [2.45, 2.75) is 30.7 Å². The average Bonchev–Trinajstić information content (AvgIpc) is 2.38. The number of thioether (sulfide) groups is 1. The Bertz CT molecular complexity index is 331. The molecule has 1 aliphatic heterocycles. The van der Waals surface area contributed by atoms with Crippen molar-refractivity contribution in [1.82, 2.24) is 5.32 Å². The molecule has 17 heavy (non-hydrogen) atoms. The number of hydrogen-bond donors (Lipinski definition) is 1. The molecule has 1 aliphatic rings. The highest BCUT2D eigenvalue weighted by Crippen LogP contribution is 2.22. The van der Waals surface area contributed by atoms with E-state index in [0.29, 0.717) is 12.0 Å². The Labute approximate surface area is 108 Å². The Balaban J connectivity index is 1.82. The molecule has 1 fully saturated rings. The topological polar surface area (TPSA) is 21.3 Å². The van der Waals surface area contributed by atoms with E-state index in [-0.39, 0.29) is 0 Å². The summed E-state index contributed by atoms with van der Waals surface area (Å²) in [5, 5.41) is 3.47. The van der Waals surface area contributed by atoms with E-state index in [1.165, 1.54) is 10.5 Å². The van der Waals surface area contributed by atoms with E-state index < -0.39 is 0 Å². The number of hydrogen-bond acceptors (Lipinski definition) is 3. The van der Waals surface area contributed by atoms with Crippen LogP contribution < -0.4 is 5.32 Å². The van der Waals surface area contributed by atoms with Gasteiger partial charge in [-0.2, -0.15) is 0 Å². The van der Waals surface area contributed by atoms with Gasteiger partial charge in [0.05, 0.1) is 13.2 Å². The lowest BCUT2D eigenvalue weighted by Gasteiger charge is -2.23. The van der Waals surface area contributed by atoms with Gasteiger partial charge in [-0.1, -0.05) is 26.0 Å². The third-order valence-corrected chi connectivity index (χ3v) is 4.17. The number of benzene rings is 1. The van der Waals surface area contributed by atoms with Crippen molar-refractivity contribution in [2.75, 3.05) is 25.5 Å². The van der Waals surface area contributed by atoms with E-state index in [0.717, 1.165) is 25.5 Å². The molecule has 0 aromatic heterocycles. The zero-order valence-electron chi connectivity index (χ0n) is 10.6. The minimum absolute atomic E-state index is 0.499. The van der Waals surface area contributed by atoms with E-state index in [2.05, 4.69) is 43.4 Å². The summed E-state index contributed by atoms with van der Waals surface area (Å²) in [4.78, 5) is 1.35. The van der Waals surface area contributed by atoms with E-state index in [9.17, 15) is 0 Å². The molecular weight excluding hydrogens is 230 g/mol. The van der Waals surface area contributed by atoms with Crippen LogP contribution in [-0.2, 0) is 4.74 Å². The molecule has 0 aliphatic carbocycles. The zero-order chi connectivity index (χ0) is 12.1. The van der Waals surface area contributed by atoms with Crippen LogP contribution in [0.15, 0.2) is 29.2 Å². The normalized spacial score (nSPS) is 20.8. The van der Waals surface area contributed by atoms with Gasteiger partial charge in [-0.3, -0.25) is 0 Å². The molecule has 3 heteroatoms. The van der Waals surface area contributed by atoms with Crippen LogP contribution in [0.2, 0.25) is 0 Å². The molecule has 0 spiro atoms. The standard InChI is InChI=1S/C14H21NOS/c1-11(2)12-3-5-14(6-4-12)17-10-13-9-16-8-7-15-13/h3-6,11,13,15H,7-10H2,1-2H3. The number of ether oxygens (including phenoxy) is 1. The second-order valence-corrected chi connectivity index (χ2v) is 5.85. The maximum absolute atomic E-state index is 5.45. The smallest absolute Gasteiger partial charge is 0.0628 e. The molecule has 0 amide bonds. The maximum atomic E-state index is 5.45. The minimum Gasteiger partial charge on any atom is -0.378 e. The Morgan fingerprint density at radius 3 is 2.71 bits per heavy atom. The van der Waals surface area contributed by atoms with Crippen LogP contribution in [0.4, 0.5) is 0 Å². The lowest BCUT2D eigenvalue weighted by atomic mass is 10.0. The summed E-state index contributed by atoms with van der Waals surface area (Å²) in [6.45, 7) is 7.13. The highest BCUT2D eigenvalue weighted by molar-refractivity contribution is 7.99. The molecule has 94 valence electrons. The predicted molar refractivity (Wildman–Crippen MR) is 73.9 cm³/mol. The fraction of sp³-hybridized carbons (Fsp3) is 0.571. The molecule has 0 bridgehead atoms. The van der Waals surface area contributed by atoms with Gasteiger partial charge < -0.3 is 10.1 Å². The molecule has 1 heterocycles. The molecule has 1 saturated heterocycles. The zero-order valence-corrected chi connectivity index (χ0v) is 11.4. The largest absolute Gasteiger partial charge is 0.378 e. The van der Waals surface area contributed by atoms with Crippen LogP contribution in [0.5, 0.6) is 0 Å². The van der Waals surface area contributed by atoms with Gasteiger partial charge >= 0.3 is 0 Å². The quantitative estimate of drug-likeness (QED) is 0.831. The summed E-state index contributed by atoms with van der Waals surface area (Å²) >= 11 is 1.90. The summed E-state index contributed by atoms with van der Waals surface area (Å²) in [6.07, 6.45) is 0. The van der Waals surface area contributed by atoms with Crippen LogP contribution in [0.25, 0.3) is 0 Å². The molecule has 1 atom stereocenters. The fourth-order valence-corrected chi connectivity index (χ4v) is 2.81. The van der Waals surface area contributed by atoms with E-state index in [1.54, 1.807) is 0 Å². The van der Waals surface area contributed by atoms with Gasteiger partial charge in [-0.25, -0.2) is 0 Å². The predicted octanol–water partition coefficient (Wildman–Crippen LogP) is 2.89. The summed E-state index contributed by atoms with van der Waals surface area (Å²) in [5.74, 6) is 1.70. The van der Waals surface area contributed by atoms with Crippen LogP contribution in [-0.4, -0.2) is 31.6 Å². The third-order valence-electron chi connectivity index (χ3n) is 3.00. The summed E-state index contributed by atoms with van der Waals surface area (Å²) in [6, 6.07) is 9.42.